The van der Waals surface area contributed by atoms with Gasteiger partial charge in [-0.05, 0) is 130 Å². The zero-order valence-electron chi connectivity index (χ0n) is 41.0. The van der Waals surface area contributed by atoms with Crippen molar-refractivity contribution in [3.63, 3.8) is 0 Å². The van der Waals surface area contributed by atoms with Crippen molar-refractivity contribution in [1.29, 1.82) is 0 Å². The molecule has 1 atom stereocenters. The maximum Gasteiger partial charge on any atom is 0.262 e. The molecule has 16 bridgehead atoms. The van der Waals surface area contributed by atoms with Crippen LogP contribution >= 0.6 is 0 Å². The van der Waals surface area contributed by atoms with E-state index in [2.05, 4.69) is 71.1 Å². The van der Waals surface area contributed by atoms with Crippen molar-refractivity contribution in [2.45, 2.75) is 83.5 Å². The van der Waals surface area contributed by atoms with Crippen molar-refractivity contribution in [3.05, 3.63) is 180 Å². The van der Waals surface area contributed by atoms with E-state index in [1.54, 1.807) is 14.2 Å². The van der Waals surface area contributed by atoms with E-state index in [1.165, 1.54) is 34.9 Å². The summed E-state index contributed by atoms with van der Waals surface area (Å²) in [6.45, 7) is 8.39. The van der Waals surface area contributed by atoms with Crippen molar-refractivity contribution >= 4 is 51.6 Å². The van der Waals surface area contributed by atoms with Crippen LogP contribution in [0.4, 0.5) is 64.7 Å². The molecule has 16 heteroatoms. The molecule has 10 aliphatic heterocycles. The first-order chi connectivity index (χ1) is 36.3. The smallest absolute Gasteiger partial charge is 0.262 e. The molecule has 13 heterocycles. The van der Waals surface area contributed by atoms with Crippen LogP contribution < -0.4 is 58.1 Å². The van der Waals surface area contributed by atoms with Crippen LogP contribution in [0, 0.1) is 61.6 Å². The molecule has 0 saturated carbocycles. The summed E-state index contributed by atoms with van der Waals surface area (Å²) >= 11 is 0. The molecule has 75 heavy (non-hydrogen) atoms. The van der Waals surface area contributed by atoms with Crippen molar-refractivity contribution < 1.29 is 62.0 Å². The van der Waals surface area contributed by atoms with Gasteiger partial charge in [-0.15, -0.1) is 18.2 Å². The molecule has 17 rings (SSSR count). The van der Waals surface area contributed by atoms with Gasteiger partial charge in [0.25, 0.3) is 17.2 Å². The van der Waals surface area contributed by atoms with Crippen molar-refractivity contribution in [2.24, 2.45) is 5.92 Å². The van der Waals surface area contributed by atoms with Gasteiger partial charge in [-0.25, -0.2) is 29.9 Å². The Balaban J connectivity index is 0.00000516. The topological polar surface area (TPSA) is 58.8 Å². The fourth-order valence-electron chi connectivity index (χ4n) is 12.3. The van der Waals surface area contributed by atoms with Gasteiger partial charge in [-0.1, -0.05) is 84.5 Å². The van der Waals surface area contributed by atoms with Crippen LogP contribution in [-0.2, 0) is 58.6 Å². The first-order valence-corrected chi connectivity index (χ1v) is 26.1. The molecule has 4 aromatic carbocycles. The SMILES string of the molecule is Fc1ccc2c3c1O[n+]1ccc4[c-]c1N3[CH-]N2CCCc1ccc2c(c1)CCCN1[CH-]N3c5c1ccc(F)c5O[n+]1ccc([c-]c13)CCCC(CC4)CCc1[c-]c3[n+](cc1)Oc1c(F)ccc4c1N3[CH-]N4CCC2.[Ir]. The van der Waals surface area contributed by atoms with E-state index >= 15 is 13.2 Å². The van der Waals surface area contributed by atoms with E-state index in [9.17, 15) is 0 Å². The van der Waals surface area contributed by atoms with Gasteiger partial charge in [-0.2, -0.15) is 18.2 Å². The maximum absolute atomic E-state index is 15.6. The van der Waals surface area contributed by atoms with E-state index in [1.807, 2.05) is 69.7 Å². The van der Waals surface area contributed by atoms with Crippen molar-refractivity contribution in [1.82, 2.24) is 0 Å². The molecular weight excluding hydrogens is 1130 g/mol. The van der Waals surface area contributed by atoms with Crippen LogP contribution in [0.25, 0.3) is 0 Å². The molecule has 1 radical (unpaired) electrons. The summed E-state index contributed by atoms with van der Waals surface area (Å²) in [4.78, 5) is 31.6. The number of pyridine rings is 3. The average molecular weight is 1180 g/mol. The number of aromatic nitrogens is 3. The molecule has 383 valence electrons. The summed E-state index contributed by atoms with van der Waals surface area (Å²) in [7, 11) is 0. The second-order valence-electron chi connectivity index (χ2n) is 20.6. The third-order valence-corrected chi connectivity index (χ3v) is 16.1. The fraction of sp³-hybridized carbons (Fsp3) is 0.288. The minimum absolute atomic E-state index is 0. The number of rotatable bonds is 0. The number of aryl methyl sites for hydroxylation is 6. The Bertz CT molecular complexity index is 3470. The van der Waals surface area contributed by atoms with E-state index < -0.39 is 17.5 Å². The van der Waals surface area contributed by atoms with E-state index in [4.69, 9.17) is 14.5 Å². The second-order valence-corrected chi connectivity index (χ2v) is 20.6. The van der Waals surface area contributed by atoms with Gasteiger partial charge in [0.15, 0.2) is 34.5 Å². The molecule has 0 amide bonds. The molecule has 0 spiro atoms. The third kappa shape index (κ3) is 7.83. The molecule has 7 aromatic rings. The number of halogens is 3. The van der Waals surface area contributed by atoms with Crippen molar-refractivity contribution in [2.75, 3.05) is 49.0 Å². The van der Waals surface area contributed by atoms with Crippen LogP contribution in [0.15, 0.2) is 91.4 Å². The number of benzene rings is 4. The largest absolute Gasteiger partial charge is 0.478 e. The van der Waals surface area contributed by atoms with Crippen LogP contribution in [-0.4, -0.2) is 19.6 Å². The Morgan fingerprint density at radius 1 is 0.453 bits per heavy atom. The molecular formula is C59H51F3IrN9O3-3. The Kier molecular flexibility index (Phi) is 11.4. The van der Waals surface area contributed by atoms with E-state index in [0.717, 1.165) is 130 Å². The van der Waals surface area contributed by atoms with Crippen LogP contribution in [0.2, 0.25) is 0 Å². The first kappa shape index (κ1) is 46.5. The second kappa shape index (κ2) is 18.4. The summed E-state index contributed by atoms with van der Waals surface area (Å²) in [6.07, 6.45) is 16.8. The number of hydrogen-bond acceptors (Lipinski definition) is 9. The predicted molar refractivity (Wildman–Crippen MR) is 270 cm³/mol. The molecule has 1 unspecified atom stereocenters. The molecule has 0 fully saturated rings. The monoisotopic (exact) mass is 1180 g/mol. The van der Waals surface area contributed by atoms with Gasteiger partial charge in [0, 0.05) is 20.1 Å². The zero-order valence-corrected chi connectivity index (χ0v) is 43.4. The fourth-order valence-corrected chi connectivity index (χ4v) is 12.3. The van der Waals surface area contributed by atoms with Crippen molar-refractivity contribution in [3.8, 4) is 17.2 Å². The minimum Gasteiger partial charge on any atom is -0.478 e. The van der Waals surface area contributed by atoms with Crippen LogP contribution in [0.5, 0.6) is 17.2 Å². The van der Waals surface area contributed by atoms with Gasteiger partial charge in [0.2, 0.25) is 17.5 Å². The minimum atomic E-state index is -0.407. The van der Waals surface area contributed by atoms with Gasteiger partial charge in [0.05, 0.1) is 35.7 Å². The van der Waals surface area contributed by atoms with Gasteiger partial charge < -0.3 is 29.4 Å². The van der Waals surface area contributed by atoms with Gasteiger partial charge in [-0.3, -0.25) is 14.5 Å². The summed E-state index contributed by atoms with van der Waals surface area (Å²) in [5.74, 6) is 1.87. The summed E-state index contributed by atoms with van der Waals surface area (Å²) in [5, 5.41) is 0. The molecule has 0 N–H and O–H groups in total. The first-order valence-electron chi connectivity index (χ1n) is 26.1. The van der Waals surface area contributed by atoms with Gasteiger partial charge >= 0.3 is 0 Å². The number of hydrogen-bond donors (Lipinski definition) is 0. The average Bonchev–Trinajstić information content (AvgIpc) is 4.16. The predicted octanol–water partition coefficient (Wildman–Crippen LogP) is 9.79. The van der Waals surface area contributed by atoms with Crippen LogP contribution in [0.1, 0.15) is 78.3 Å². The Labute approximate surface area is 447 Å². The molecule has 0 saturated heterocycles. The Hall–Kier alpha value is -7.03. The maximum atomic E-state index is 15.6. The van der Waals surface area contributed by atoms with E-state index in [0.29, 0.717) is 47.7 Å². The summed E-state index contributed by atoms with van der Waals surface area (Å²) < 4.78 is 51.7. The molecule has 10 aliphatic rings. The molecule has 12 nitrogen and oxygen atoms in total. The van der Waals surface area contributed by atoms with Crippen LogP contribution in [0.3, 0.4) is 0 Å². The number of anilines is 9. The van der Waals surface area contributed by atoms with E-state index in [-0.39, 0.29) is 37.4 Å². The Morgan fingerprint density at radius 3 is 1.35 bits per heavy atom. The van der Waals surface area contributed by atoms with Gasteiger partial charge in [0.1, 0.15) is 0 Å². The molecule has 0 aliphatic carbocycles. The normalized spacial score (nSPS) is 18.8. The number of fused-ring (bicyclic) bond motifs is 5. The summed E-state index contributed by atoms with van der Waals surface area (Å²) in [6, 6.07) is 34.2. The standard InChI is InChI=1S/C59H51F3N9O3.Ir/c60-45-16-19-48-54-57(45)73-70-29-23-41-12-10-38-5-1-6-40-22-28-69-51(32-40)66-37-65(50-21-18-46(61)58(72-69)55(50)66)27-4-9-44-31-39(7-2-25-63(48)35-67(54)52(70)33-41)14-15-43(44)8-3-26-64-36-68-53-34-42(13-11-38)24-30-71(53)74-59-47(62)17-20-49(64)56(59)68;/h14-24,28-31,35-38H,1-13,25-27H2;/q-3;. The number of nitrogens with zero attached hydrogens (tertiary/aromatic N) is 9. The summed E-state index contributed by atoms with van der Waals surface area (Å²) in [5.41, 5.74) is 11.8. The molecule has 3 aromatic heterocycles. The quantitative estimate of drug-likeness (QED) is 0.109. The Morgan fingerprint density at radius 2 is 0.880 bits per heavy atom. The third-order valence-electron chi connectivity index (χ3n) is 16.1. The zero-order chi connectivity index (χ0) is 49.2.